The lowest BCUT2D eigenvalue weighted by molar-refractivity contribution is -0.118. The van der Waals surface area contributed by atoms with Gasteiger partial charge in [0.05, 0.1) is 23.4 Å². The van der Waals surface area contributed by atoms with Gasteiger partial charge in [-0.15, -0.1) is 0 Å². The number of aromatic nitrogens is 4. The second kappa shape index (κ2) is 8.72. The van der Waals surface area contributed by atoms with E-state index in [0.29, 0.717) is 31.2 Å². The van der Waals surface area contributed by atoms with Gasteiger partial charge in [-0.05, 0) is 32.0 Å². The summed E-state index contributed by atoms with van der Waals surface area (Å²) in [7, 11) is 0. The van der Waals surface area contributed by atoms with Crippen LogP contribution in [0.1, 0.15) is 13.8 Å². The van der Waals surface area contributed by atoms with Crippen LogP contribution in [0.25, 0.3) is 10.2 Å². The number of carbonyl (C=O) groups excluding carboxylic acids is 1. The van der Waals surface area contributed by atoms with E-state index in [0.717, 1.165) is 16.0 Å². The molecule has 0 aliphatic rings. The van der Waals surface area contributed by atoms with Crippen LogP contribution >= 0.6 is 11.3 Å². The van der Waals surface area contributed by atoms with Gasteiger partial charge in [0.1, 0.15) is 24.9 Å². The van der Waals surface area contributed by atoms with E-state index in [1.807, 2.05) is 36.6 Å². The first-order valence-electron chi connectivity index (χ1n) is 8.45. The summed E-state index contributed by atoms with van der Waals surface area (Å²) in [5, 5.41) is 3.94. The molecule has 0 unspecified atom stereocenters. The predicted octanol–water partition coefficient (Wildman–Crippen LogP) is 1.86. The van der Waals surface area contributed by atoms with E-state index in [4.69, 9.17) is 9.47 Å². The number of nitrogens with zero attached hydrogens (tertiary/aromatic N) is 5. The van der Waals surface area contributed by atoms with Gasteiger partial charge in [0.2, 0.25) is 0 Å². The molecule has 1 aromatic carbocycles. The van der Waals surface area contributed by atoms with Crippen molar-refractivity contribution in [3.8, 4) is 5.75 Å². The zero-order chi connectivity index (χ0) is 18.4. The number of amides is 1. The van der Waals surface area contributed by atoms with Crippen molar-refractivity contribution in [3.05, 3.63) is 35.7 Å². The third-order valence-corrected chi connectivity index (χ3v) is 4.65. The number of fused-ring (bicyclic) bond motifs is 1. The molecule has 3 rings (SSSR count). The van der Waals surface area contributed by atoms with Gasteiger partial charge in [-0.25, -0.2) is 9.67 Å². The molecule has 0 atom stereocenters. The predicted molar refractivity (Wildman–Crippen MR) is 98.1 cm³/mol. The Balaban J connectivity index is 1.96. The van der Waals surface area contributed by atoms with Crippen LogP contribution in [0.15, 0.2) is 35.8 Å². The van der Waals surface area contributed by atoms with Gasteiger partial charge in [-0.1, -0.05) is 11.3 Å². The van der Waals surface area contributed by atoms with Crippen molar-refractivity contribution in [1.82, 2.24) is 19.3 Å². The summed E-state index contributed by atoms with van der Waals surface area (Å²) < 4.78 is 15.5. The summed E-state index contributed by atoms with van der Waals surface area (Å²) in [5.41, 5.74) is 1.01. The lowest BCUT2D eigenvalue weighted by Gasteiger charge is -2.06. The molecule has 138 valence electrons. The molecular formula is C17H21N5O3S. The topological polar surface area (TPSA) is 83.5 Å². The Morgan fingerprint density at radius 3 is 2.92 bits per heavy atom. The molecule has 0 bridgehead atoms. The maximum absolute atomic E-state index is 12.3. The van der Waals surface area contributed by atoms with Gasteiger partial charge in [0.15, 0.2) is 4.80 Å². The van der Waals surface area contributed by atoms with E-state index in [9.17, 15) is 4.79 Å². The molecule has 0 saturated carbocycles. The van der Waals surface area contributed by atoms with E-state index in [1.165, 1.54) is 28.7 Å². The minimum Gasteiger partial charge on any atom is -0.494 e. The number of benzene rings is 1. The standard InChI is InChI=1S/C17H21N5O3S/c1-3-24-8-7-22-14-6-5-13(25-4-2)9-15(14)26-17(22)20-16(23)10-21-12-18-11-19-21/h5-6,9,11-12H,3-4,7-8,10H2,1-2H3. The van der Waals surface area contributed by atoms with Crippen LogP contribution < -0.4 is 9.54 Å². The number of rotatable bonds is 8. The Labute approximate surface area is 154 Å². The highest BCUT2D eigenvalue weighted by Gasteiger charge is 2.10. The van der Waals surface area contributed by atoms with Gasteiger partial charge < -0.3 is 14.0 Å². The molecule has 0 spiro atoms. The molecule has 0 aliphatic heterocycles. The van der Waals surface area contributed by atoms with Gasteiger partial charge >= 0.3 is 0 Å². The minimum absolute atomic E-state index is 0.0594. The number of carbonyl (C=O) groups is 1. The van der Waals surface area contributed by atoms with E-state index < -0.39 is 0 Å². The zero-order valence-electron chi connectivity index (χ0n) is 14.8. The molecule has 0 N–H and O–H groups in total. The maximum atomic E-state index is 12.3. The lowest BCUT2D eigenvalue weighted by atomic mass is 10.3. The van der Waals surface area contributed by atoms with E-state index >= 15 is 0 Å². The first-order chi connectivity index (χ1) is 12.7. The van der Waals surface area contributed by atoms with Crippen LogP contribution in [0.4, 0.5) is 0 Å². The summed E-state index contributed by atoms with van der Waals surface area (Å²) >= 11 is 1.46. The van der Waals surface area contributed by atoms with Crippen molar-refractivity contribution in [2.45, 2.75) is 26.9 Å². The Bertz CT molecular complexity index is 930. The second-order valence-corrected chi connectivity index (χ2v) is 6.40. The first kappa shape index (κ1) is 18.3. The van der Waals surface area contributed by atoms with Gasteiger partial charge in [-0.3, -0.25) is 4.79 Å². The fourth-order valence-corrected chi connectivity index (χ4v) is 3.61. The summed E-state index contributed by atoms with van der Waals surface area (Å²) in [6, 6.07) is 5.89. The molecule has 0 radical (unpaired) electrons. The Morgan fingerprint density at radius 2 is 2.19 bits per heavy atom. The van der Waals surface area contributed by atoms with Crippen molar-refractivity contribution in [2.75, 3.05) is 19.8 Å². The van der Waals surface area contributed by atoms with Gasteiger partial charge in [-0.2, -0.15) is 10.1 Å². The number of hydrogen-bond donors (Lipinski definition) is 0. The second-order valence-electron chi connectivity index (χ2n) is 5.39. The number of thiazole rings is 1. The Hall–Kier alpha value is -2.52. The highest BCUT2D eigenvalue weighted by molar-refractivity contribution is 7.16. The smallest absolute Gasteiger partial charge is 0.270 e. The van der Waals surface area contributed by atoms with Gasteiger partial charge in [0, 0.05) is 13.2 Å². The average molecular weight is 375 g/mol. The maximum Gasteiger partial charge on any atom is 0.270 e. The monoisotopic (exact) mass is 375 g/mol. The third kappa shape index (κ3) is 4.36. The highest BCUT2D eigenvalue weighted by Crippen LogP contribution is 2.23. The first-order valence-corrected chi connectivity index (χ1v) is 9.26. The number of ether oxygens (including phenoxy) is 2. The molecule has 1 amide bonds. The fraction of sp³-hybridized carbons (Fsp3) is 0.412. The quantitative estimate of drug-likeness (QED) is 0.561. The van der Waals surface area contributed by atoms with E-state index in [-0.39, 0.29) is 12.5 Å². The Kier molecular flexibility index (Phi) is 6.13. The largest absolute Gasteiger partial charge is 0.494 e. The molecule has 2 aromatic heterocycles. The molecule has 0 saturated heterocycles. The fourth-order valence-electron chi connectivity index (χ4n) is 2.51. The van der Waals surface area contributed by atoms with Crippen molar-refractivity contribution in [2.24, 2.45) is 4.99 Å². The zero-order valence-corrected chi connectivity index (χ0v) is 15.6. The highest BCUT2D eigenvalue weighted by atomic mass is 32.1. The van der Waals surface area contributed by atoms with Crippen LogP contribution in [0, 0.1) is 0 Å². The molecule has 2 heterocycles. The number of hydrogen-bond acceptors (Lipinski definition) is 6. The van der Waals surface area contributed by atoms with E-state index in [2.05, 4.69) is 15.1 Å². The SMILES string of the molecule is CCOCCn1c(=NC(=O)Cn2cncn2)sc2cc(OCC)ccc21. The van der Waals surface area contributed by atoms with E-state index in [1.54, 1.807) is 0 Å². The molecular weight excluding hydrogens is 354 g/mol. The van der Waals surface area contributed by atoms with Crippen LogP contribution in [0.5, 0.6) is 5.75 Å². The third-order valence-electron chi connectivity index (χ3n) is 3.61. The van der Waals surface area contributed by atoms with Crippen molar-refractivity contribution in [3.63, 3.8) is 0 Å². The van der Waals surface area contributed by atoms with Crippen LogP contribution in [0.3, 0.4) is 0 Å². The summed E-state index contributed by atoms with van der Waals surface area (Å²) in [6.07, 6.45) is 2.89. The lowest BCUT2D eigenvalue weighted by Crippen LogP contribution is -2.21. The Morgan fingerprint density at radius 1 is 1.31 bits per heavy atom. The molecule has 9 heteroatoms. The van der Waals surface area contributed by atoms with Crippen LogP contribution in [-0.2, 0) is 22.6 Å². The molecule has 0 aliphatic carbocycles. The van der Waals surface area contributed by atoms with Crippen molar-refractivity contribution >= 4 is 27.5 Å². The van der Waals surface area contributed by atoms with Crippen LogP contribution in [0.2, 0.25) is 0 Å². The summed E-state index contributed by atoms with van der Waals surface area (Å²) in [5.74, 6) is 0.524. The van der Waals surface area contributed by atoms with Crippen LogP contribution in [-0.4, -0.2) is 45.1 Å². The minimum atomic E-state index is -0.280. The molecule has 3 aromatic rings. The molecule has 0 fully saturated rings. The van der Waals surface area contributed by atoms with Crippen molar-refractivity contribution < 1.29 is 14.3 Å². The van der Waals surface area contributed by atoms with Gasteiger partial charge in [0.25, 0.3) is 5.91 Å². The molecule has 8 nitrogen and oxygen atoms in total. The average Bonchev–Trinajstić information content (AvgIpc) is 3.23. The normalized spacial score (nSPS) is 12.0. The molecule has 26 heavy (non-hydrogen) atoms. The van der Waals surface area contributed by atoms with Crippen molar-refractivity contribution in [1.29, 1.82) is 0 Å². The summed E-state index contributed by atoms with van der Waals surface area (Å²) in [4.78, 5) is 21.0. The summed E-state index contributed by atoms with van der Waals surface area (Å²) in [6.45, 7) is 6.40.